The number of thioether (sulfide) groups is 1. The molecule has 0 unspecified atom stereocenters. The van der Waals surface area contributed by atoms with Gasteiger partial charge in [0.1, 0.15) is 12.4 Å². The van der Waals surface area contributed by atoms with Crippen molar-refractivity contribution in [3.63, 3.8) is 0 Å². The van der Waals surface area contributed by atoms with Crippen LogP contribution >= 0.6 is 11.8 Å². The van der Waals surface area contributed by atoms with E-state index >= 15 is 0 Å². The number of para-hydroxylation sites is 1. The van der Waals surface area contributed by atoms with Gasteiger partial charge in [-0.2, -0.15) is 0 Å². The first-order chi connectivity index (χ1) is 21.2. The highest BCUT2D eigenvalue weighted by atomic mass is 32.2. The highest BCUT2D eigenvalue weighted by Gasteiger charge is 2.28. The van der Waals surface area contributed by atoms with E-state index < -0.39 is 0 Å². The fraction of sp³-hybridized carbons (Fsp3) is 0.500. The van der Waals surface area contributed by atoms with Gasteiger partial charge in [-0.15, -0.1) is 0 Å². The van der Waals surface area contributed by atoms with Gasteiger partial charge >= 0.3 is 0 Å². The van der Waals surface area contributed by atoms with Crippen LogP contribution in [0.15, 0.2) is 58.5 Å². The molecule has 2 heterocycles. The molecule has 0 bridgehead atoms. The summed E-state index contributed by atoms with van der Waals surface area (Å²) in [4.78, 5) is 33.6. The topological polar surface area (TPSA) is 85.7 Å². The third-order valence-corrected chi connectivity index (χ3v) is 9.93. The van der Waals surface area contributed by atoms with Gasteiger partial charge in [0.05, 0.1) is 36.7 Å². The standard InChI is InChI=1S/C34H42N4O4S/c39-32(15-17-35-18-20-41-21-22-42-28-14-13-25-7-4-5-8-26(25)23-28)37-19-16-31-30(24-37)33(40)38(27-9-2-1-3-10-27)34(36-31)43-29-11-6-12-29/h1-3,9-10,13-14,23,29,35H,4-8,11-12,15-22,24H2. The molecule has 3 aliphatic rings. The maximum atomic E-state index is 13.8. The molecular weight excluding hydrogens is 560 g/mol. The highest BCUT2D eigenvalue weighted by molar-refractivity contribution is 7.99. The lowest BCUT2D eigenvalue weighted by Gasteiger charge is -2.30. The molecule has 9 heteroatoms. The number of nitrogens with one attached hydrogen (secondary N) is 1. The normalized spacial score (nSPS) is 16.3. The van der Waals surface area contributed by atoms with Gasteiger partial charge in [0.2, 0.25) is 5.91 Å². The number of hydrogen-bond acceptors (Lipinski definition) is 7. The molecule has 1 fully saturated rings. The van der Waals surface area contributed by atoms with Gasteiger partial charge in [0.15, 0.2) is 5.16 Å². The molecule has 8 nitrogen and oxygen atoms in total. The summed E-state index contributed by atoms with van der Waals surface area (Å²) in [5.41, 5.74) is 5.13. The van der Waals surface area contributed by atoms with Crippen LogP contribution in [0.4, 0.5) is 0 Å². The predicted octanol–water partition coefficient (Wildman–Crippen LogP) is 4.72. The number of rotatable bonds is 13. The monoisotopic (exact) mass is 602 g/mol. The average Bonchev–Trinajstić information content (AvgIpc) is 3.02. The summed E-state index contributed by atoms with van der Waals surface area (Å²) < 4.78 is 13.3. The summed E-state index contributed by atoms with van der Waals surface area (Å²) in [5, 5.41) is 4.60. The molecule has 6 rings (SSSR count). The van der Waals surface area contributed by atoms with Crippen LogP contribution in [0.5, 0.6) is 5.75 Å². The van der Waals surface area contributed by atoms with Crippen molar-refractivity contribution >= 4 is 17.7 Å². The minimum atomic E-state index is -0.0543. The Morgan fingerprint density at radius 2 is 1.79 bits per heavy atom. The largest absolute Gasteiger partial charge is 0.491 e. The molecule has 1 aromatic heterocycles. The summed E-state index contributed by atoms with van der Waals surface area (Å²) in [6.07, 6.45) is 9.43. The number of carbonyl (C=O) groups excluding carboxylic acids is 1. The van der Waals surface area contributed by atoms with E-state index in [1.165, 1.54) is 49.7 Å². The Morgan fingerprint density at radius 3 is 2.60 bits per heavy atom. The summed E-state index contributed by atoms with van der Waals surface area (Å²) in [6.45, 7) is 3.76. The quantitative estimate of drug-likeness (QED) is 0.224. The van der Waals surface area contributed by atoms with E-state index in [1.54, 1.807) is 21.2 Å². The SMILES string of the molecule is O=C(CCNCCOCCOc1ccc2c(c1)CCCC2)N1CCc2nc(SC3CCC3)n(-c3ccccc3)c(=O)c2C1. The van der Waals surface area contributed by atoms with Crippen molar-refractivity contribution < 1.29 is 14.3 Å². The van der Waals surface area contributed by atoms with E-state index in [-0.39, 0.29) is 11.5 Å². The Hall–Kier alpha value is -3.14. The number of ether oxygens (including phenoxy) is 2. The molecule has 1 aliphatic heterocycles. The fourth-order valence-electron chi connectivity index (χ4n) is 5.93. The number of aromatic nitrogens is 2. The van der Waals surface area contributed by atoms with E-state index in [4.69, 9.17) is 14.5 Å². The molecule has 228 valence electrons. The summed E-state index contributed by atoms with van der Waals surface area (Å²) in [5.74, 6) is 0.972. The van der Waals surface area contributed by atoms with Gasteiger partial charge in [-0.25, -0.2) is 4.98 Å². The van der Waals surface area contributed by atoms with E-state index in [0.717, 1.165) is 28.7 Å². The minimum absolute atomic E-state index is 0.0519. The number of nitrogens with zero attached hydrogens (tertiary/aromatic N) is 3. The lowest BCUT2D eigenvalue weighted by atomic mass is 9.92. The molecule has 0 atom stereocenters. The van der Waals surface area contributed by atoms with Crippen LogP contribution in [0.25, 0.3) is 5.69 Å². The Balaban J connectivity index is 0.934. The van der Waals surface area contributed by atoms with Crippen molar-refractivity contribution in [2.24, 2.45) is 0 Å². The first-order valence-corrected chi connectivity index (χ1v) is 16.7. The number of benzene rings is 2. The van der Waals surface area contributed by atoms with Gasteiger partial charge in [-0.1, -0.05) is 42.4 Å². The summed E-state index contributed by atoms with van der Waals surface area (Å²) in [6, 6.07) is 16.2. The molecule has 0 spiro atoms. The summed E-state index contributed by atoms with van der Waals surface area (Å²) in [7, 11) is 0. The molecule has 3 aromatic rings. The van der Waals surface area contributed by atoms with Crippen molar-refractivity contribution in [3.8, 4) is 11.4 Å². The molecule has 2 aromatic carbocycles. The lowest BCUT2D eigenvalue weighted by molar-refractivity contribution is -0.132. The van der Waals surface area contributed by atoms with Crippen molar-refractivity contribution in [2.75, 3.05) is 39.5 Å². The van der Waals surface area contributed by atoms with Crippen molar-refractivity contribution in [2.45, 2.75) is 74.7 Å². The fourth-order valence-corrected chi connectivity index (χ4v) is 7.26. The lowest BCUT2D eigenvalue weighted by Crippen LogP contribution is -2.42. The summed E-state index contributed by atoms with van der Waals surface area (Å²) >= 11 is 1.72. The van der Waals surface area contributed by atoms with Crippen LogP contribution in [0.2, 0.25) is 0 Å². The predicted molar refractivity (Wildman–Crippen MR) is 169 cm³/mol. The Kier molecular flexibility index (Phi) is 10.1. The molecule has 0 saturated heterocycles. The molecule has 0 radical (unpaired) electrons. The Labute approximate surface area is 258 Å². The third-order valence-electron chi connectivity index (χ3n) is 8.65. The van der Waals surface area contributed by atoms with Crippen molar-refractivity contribution in [1.29, 1.82) is 0 Å². The van der Waals surface area contributed by atoms with Gasteiger partial charge in [0, 0.05) is 37.7 Å². The molecular formula is C34H42N4O4S. The zero-order valence-corrected chi connectivity index (χ0v) is 25.7. The van der Waals surface area contributed by atoms with E-state index in [0.29, 0.717) is 69.7 Å². The Morgan fingerprint density at radius 1 is 0.953 bits per heavy atom. The molecule has 1 N–H and O–H groups in total. The smallest absolute Gasteiger partial charge is 0.264 e. The highest BCUT2D eigenvalue weighted by Crippen LogP contribution is 2.36. The van der Waals surface area contributed by atoms with Gasteiger partial charge < -0.3 is 19.7 Å². The number of amides is 1. The zero-order valence-electron chi connectivity index (χ0n) is 24.9. The number of hydrogen-bond donors (Lipinski definition) is 1. The average molecular weight is 603 g/mol. The van der Waals surface area contributed by atoms with Crippen LogP contribution in [-0.4, -0.2) is 65.1 Å². The van der Waals surface area contributed by atoms with E-state index in [1.807, 2.05) is 30.3 Å². The number of aryl methyl sites for hydroxylation is 2. The van der Waals surface area contributed by atoms with Gasteiger partial charge in [-0.05, 0) is 73.9 Å². The first kappa shape index (κ1) is 29.9. The molecule has 2 aliphatic carbocycles. The minimum Gasteiger partial charge on any atom is -0.491 e. The first-order valence-electron chi connectivity index (χ1n) is 15.8. The van der Waals surface area contributed by atoms with Crippen molar-refractivity contribution in [1.82, 2.24) is 19.8 Å². The molecule has 1 amide bonds. The van der Waals surface area contributed by atoms with Gasteiger partial charge in [-0.3, -0.25) is 14.2 Å². The van der Waals surface area contributed by atoms with Gasteiger partial charge in [0.25, 0.3) is 5.56 Å². The van der Waals surface area contributed by atoms with E-state index in [9.17, 15) is 9.59 Å². The second kappa shape index (κ2) is 14.6. The zero-order chi connectivity index (χ0) is 29.4. The maximum absolute atomic E-state index is 13.8. The second-order valence-corrected chi connectivity index (χ2v) is 12.9. The van der Waals surface area contributed by atoms with Crippen LogP contribution in [0.3, 0.4) is 0 Å². The molecule has 1 saturated carbocycles. The number of carbonyl (C=O) groups is 1. The van der Waals surface area contributed by atoms with Crippen LogP contribution < -0.4 is 15.6 Å². The maximum Gasteiger partial charge on any atom is 0.264 e. The molecule has 43 heavy (non-hydrogen) atoms. The second-order valence-electron chi connectivity index (χ2n) is 11.6. The van der Waals surface area contributed by atoms with Crippen LogP contribution in [0.1, 0.15) is 60.9 Å². The third kappa shape index (κ3) is 7.51. The van der Waals surface area contributed by atoms with E-state index in [2.05, 4.69) is 23.5 Å². The van der Waals surface area contributed by atoms with Crippen molar-refractivity contribution in [3.05, 3.63) is 81.3 Å². The van der Waals surface area contributed by atoms with Crippen LogP contribution in [0, 0.1) is 0 Å². The number of fused-ring (bicyclic) bond motifs is 2. The Bertz CT molecular complexity index is 1460. The van der Waals surface area contributed by atoms with Crippen LogP contribution in [-0.2, 0) is 35.3 Å².